The van der Waals surface area contributed by atoms with Crippen molar-refractivity contribution in [3.05, 3.63) is 35.9 Å². The van der Waals surface area contributed by atoms with Gasteiger partial charge in [0.1, 0.15) is 0 Å². The van der Waals surface area contributed by atoms with Crippen LogP contribution in [-0.4, -0.2) is 5.48 Å². The van der Waals surface area contributed by atoms with E-state index in [2.05, 4.69) is 32.9 Å². The maximum Gasteiger partial charge on any atom is 0.0344 e. The van der Waals surface area contributed by atoms with Crippen molar-refractivity contribution in [2.24, 2.45) is 11.1 Å². The van der Waals surface area contributed by atoms with Gasteiger partial charge in [-0.05, 0) is 11.0 Å². The van der Waals surface area contributed by atoms with E-state index in [1.54, 1.807) is 0 Å². The van der Waals surface area contributed by atoms with Gasteiger partial charge in [0.15, 0.2) is 0 Å². The highest BCUT2D eigenvalue weighted by Crippen LogP contribution is 2.29. The molecule has 1 aromatic rings. The Morgan fingerprint density at radius 2 is 1.54 bits per heavy atom. The highest BCUT2D eigenvalue weighted by Gasteiger charge is 2.21. The van der Waals surface area contributed by atoms with Gasteiger partial charge in [0.2, 0.25) is 0 Å². The summed E-state index contributed by atoms with van der Waals surface area (Å²) in [6.07, 6.45) is 0. The van der Waals surface area contributed by atoms with Crippen molar-refractivity contribution < 1.29 is 5.48 Å². The Kier molecular flexibility index (Phi) is 4.11. The highest BCUT2D eigenvalue weighted by molar-refractivity contribution is 5.19. The van der Waals surface area contributed by atoms with Crippen LogP contribution in [0.25, 0.3) is 0 Å². The predicted octanol–water partition coefficient (Wildman–Crippen LogP) is 1.91. The average Bonchev–Trinajstić information content (AvgIpc) is 2.03. The molecule has 2 nitrogen and oxygen atoms in total. The minimum atomic E-state index is 0. The molecule has 1 unspecified atom stereocenters. The lowest BCUT2D eigenvalue weighted by molar-refractivity contribution is 0.327. The smallest absolute Gasteiger partial charge is 0.0344 e. The second-order valence-electron chi connectivity index (χ2n) is 4.25. The molecular formula is C11H19NO. The minimum absolute atomic E-state index is 0. The fraction of sp³-hybridized carbons (Fsp3) is 0.455. The van der Waals surface area contributed by atoms with E-state index in [0.29, 0.717) is 0 Å². The predicted molar refractivity (Wildman–Crippen MR) is 56.4 cm³/mol. The number of rotatable bonds is 1. The molecule has 0 aromatic heterocycles. The van der Waals surface area contributed by atoms with Crippen molar-refractivity contribution in [1.29, 1.82) is 0 Å². The van der Waals surface area contributed by atoms with Gasteiger partial charge in [0.25, 0.3) is 0 Å². The summed E-state index contributed by atoms with van der Waals surface area (Å²) >= 11 is 0. The topological polar surface area (TPSA) is 57.5 Å². The van der Waals surface area contributed by atoms with Crippen LogP contribution in [0, 0.1) is 5.41 Å². The number of benzene rings is 1. The first-order valence-corrected chi connectivity index (χ1v) is 4.32. The molecule has 13 heavy (non-hydrogen) atoms. The first-order valence-electron chi connectivity index (χ1n) is 4.32. The Labute approximate surface area is 80.1 Å². The second kappa shape index (κ2) is 4.40. The fourth-order valence-electron chi connectivity index (χ4n) is 1.16. The number of hydrogen-bond acceptors (Lipinski definition) is 1. The third-order valence-corrected chi connectivity index (χ3v) is 2.09. The molecular weight excluding hydrogens is 162 g/mol. The van der Waals surface area contributed by atoms with Gasteiger partial charge in [-0.25, -0.2) is 0 Å². The summed E-state index contributed by atoms with van der Waals surface area (Å²) in [5.41, 5.74) is 7.43. The first-order chi connectivity index (χ1) is 5.52. The van der Waals surface area contributed by atoms with E-state index in [1.807, 2.05) is 18.2 Å². The van der Waals surface area contributed by atoms with Gasteiger partial charge < -0.3 is 11.2 Å². The second-order valence-corrected chi connectivity index (χ2v) is 4.25. The molecule has 1 atom stereocenters. The lowest BCUT2D eigenvalue weighted by Gasteiger charge is -2.27. The Morgan fingerprint density at radius 3 is 1.92 bits per heavy atom. The zero-order valence-electron chi connectivity index (χ0n) is 8.54. The molecule has 74 valence electrons. The van der Waals surface area contributed by atoms with Crippen LogP contribution >= 0.6 is 0 Å². The summed E-state index contributed by atoms with van der Waals surface area (Å²) in [5.74, 6) is 0. The van der Waals surface area contributed by atoms with E-state index in [1.165, 1.54) is 5.56 Å². The number of hydrogen-bond donors (Lipinski definition) is 1. The van der Waals surface area contributed by atoms with E-state index in [4.69, 9.17) is 5.73 Å². The first kappa shape index (κ1) is 12.1. The zero-order chi connectivity index (χ0) is 9.19. The van der Waals surface area contributed by atoms with E-state index >= 15 is 0 Å². The molecule has 1 aromatic carbocycles. The van der Waals surface area contributed by atoms with Crippen molar-refractivity contribution in [3.8, 4) is 0 Å². The van der Waals surface area contributed by atoms with Gasteiger partial charge in [-0.2, -0.15) is 0 Å². The Morgan fingerprint density at radius 1 is 1.08 bits per heavy atom. The van der Waals surface area contributed by atoms with Crippen LogP contribution in [-0.2, 0) is 0 Å². The van der Waals surface area contributed by atoms with Crippen molar-refractivity contribution in [2.45, 2.75) is 26.8 Å². The monoisotopic (exact) mass is 181 g/mol. The van der Waals surface area contributed by atoms with Crippen LogP contribution in [0.5, 0.6) is 0 Å². The molecule has 0 aliphatic heterocycles. The Hall–Kier alpha value is -0.860. The molecule has 0 aliphatic rings. The third kappa shape index (κ3) is 3.17. The molecule has 2 heteroatoms. The summed E-state index contributed by atoms with van der Waals surface area (Å²) in [5, 5.41) is 0. The van der Waals surface area contributed by atoms with Crippen molar-refractivity contribution in [2.75, 3.05) is 0 Å². The molecule has 0 amide bonds. The van der Waals surface area contributed by atoms with Crippen LogP contribution < -0.4 is 5.73 Å². The summed E-state index contributed by atoms with van der Waals surface area (Å²) < 4.78 is 0. The lowest BCUT2D eigenvalue weighted by Crippen LogP contribution is -2.25. The van der Waals surface area contributed by atoms with Crippen molar-refractivity contribution >= 4 is 0 Å². The summed E-state index contributed by atoms with van der Waals surface area (Å²) in [6.45, 7) is 6.47. The van der Waals surface area contributed by atoms with Gasteiger partial charge in [-0.1, -0.05) is 51.1 Å². The van der Waals surface area contributed by atoms with Crippen molar-refractivity contribution in [3.63, 3.8) is 0 Å². The maximum atomic E-state index is 6.07. The number of nitrogens with two attached hydrogens (primary N) is 1. The van der Waals surface area contributed by atoms with E-state index in [-0.39, 0.29) is 16.9 Å². The Balaban J connectivity index is 0.00000144. The maximum absolute atomic E-state index is 6.07. The van der Waals surface area contributed by atoms with E-state index < -0.39 is 0 Å². The van der Waals surface area contributed by atoms with Crippen molar-refractivity contribution in [1.82, 2.24) is 0 Å². The molecule has 0 spiro atoms. The molecule has 0 saturated carbocycles. The largest absolute Gasteiger partial charge is 0.412 e. The van der Waals surface area contributed by atoms with E-state index in [9.17, 15) is 0 Å². The molecule has 0 heterocycles. The SMILES string of the molecule is CC(C)(C)C(N)c1ccccc1.O. The zero-order valence-corrected chi connectivity index (χ0v) is 8.54. The molecule has 0 aliphatic carbocycles. The van der Waals surface area contributed by atoms with Crippen LogP contribution in [0.3, 0.4) is 0 Å². The molecule has 4 N–H and O–H groups in total. The summed E-state index contributed by atoms with van der Waals surface area (Å²) in [7, 11) is 0. The van der Waals surface area contributed by atoms with Gasteiger partial charge in [-0.3, -0.25) is 0 Å². The summed E-state index contributed by atoms with van der Waals surface area (Å²) in [4.78, 5) is 0. The van der Waals surface area contributed by atoms with E-state index in [0.717, 1.165) is 0 Å². The standard InChI is InChI=1S/C11H17N.H2O/c1-11(2,3)10(12)9-7-5-4-6-8-9;/h4-8,10H,12H2,1-3H3;1H2. The van der Waals surface area contributed by atoms with Gasteiger partial charge in [-0.15, -0.1) is 0 Å². The minimum Gasteiger partial charge on any atom is -0.412 e. The van der Waals surface area contributed by atoms with Gasteiger partial charge in [0.05, 0.1) is 0 Å². The molecule has 0 bridgehead atoms. The van der Waals surface area contributed by atoms with Crippen LogP contribution in [0.4, 0.5) is 0 Å². The van der Waals surface area contributed by atoms with Crippen LogP contribution in [0.2, 0.25) is 0 Å². The van der Waals surface area contributed by atoms with Gasteiger partial charge >= 0.3 is 0 Å². The van der Waals surface area contributed by atoms with Crippen LogP contribution in [0.1, 0.15) is 32.4 Å². The molecule has 0 saturated heterocycles. The fourth-order valence-corrected chi connectivity index (χ4v) is 1.16. The quantitative estimate of drug-likeness (QED) is 0.706. The average molecular weight is 181 g/mol. The Bertz CT molecular complexity index is 238. The summed E-state index contributed by atoms with van der Waals surface area (Å²) in [6, 6.07) is 10.4. The van der Waals surface area contributed by atoms with Gasteiger partial charge in [0, 0.05) is 6.04 Å². The lowest BCUT2D eigenvalue weighted by atomic mass is 9.83. The highest BCUT2D eigenvalue weighted by atomic mass is 16.0. The molecule has 0 fully saturated rings. The van der Waals surface area contributed by atoms with Crippen LogP contribution in [0.15, 0.2) is 30.3 Å². The molecule has 1 rings (SSSR count). The molecule has 0 radical (unpaired) electrons. The third-order valence-electron chi connectivity index (χ3n) is 2.09. The normalized spacial score (nSPS) is 13.2.